The quantitative estimate of drug-likeness (QED) is 0.871. The highest BCUT2D eigenvalue weighted by Gasteiger charge is 2.22. The lowest BCUT2D eigenvalue weighted by Gasteiger charge is -2.22. The highest BCUT2D eigenvalue weighted by atomic mass is 16.5. The fourth-order valence-electron chi connectivity index (χ4n) is 2.11. The maximum Gasteiger partial charge on any atom is 0.253 e. The number of hydrogen-bond acceptors (Lipinski definition) is 2. The Balaban J connectivity index is 2.01. The number of benzene rings is 1. The lowest BCUT2D eigenvalue weighted by atomic mass is 10.1. The Hall–Kier alpha value is -1.35. The second kappa shape index (κ2) is 5.82. The summed E-state index contributed by atoms with van der Waals surface area (Å²) in [4.78, 5) is 12.0. The molecule has 1 aliphatic heterocycles. The van der Waals surface area contributed by atoms with Crippen molar-refractivity contribution < 1.29 is 9.53 Å². The van der Waals surface area contributed by atoms with Gasteiger partial charge in [-0.15, -0.1) is 0 Å². The molecule has 1 unspecified atom stereocenters. The summed E-state index contributed by atoms with van der Waals surface area (Å²) in [6, 6.07) is 7.92. The zero-order valence-corrected chi connectivity index (χ0v) is 10.2. The van der Waals surface area contributed by atoms with Gasteiger partial charge in [-0.2, -0.15) is 0 Å². The first-order valence-corrected chi connectivity index (χ1v) is 6.31. The molecule has 1 aliphatic rings. The maximum atomic E-state index is 12.0. The van der Waals surface area contributed by atoms with E-state index in [0.29, 0.717) is 6.61 Å². The average Bonchev–Trinajstić information content (AvgIpc) is 2.40. The van der Waals surface area contributed by atoms with Crippen LogP contribution in [-0.2, 0) is 16.0 Å². The van der Waals surface area contributed by atoms with Gasteiger partial charge in [0.2, 0.25) is 0 Å². The van der Waals surface area contributed by atoms with Crippen LogP contribution in [0.2, 0.25) is 0 Å². The van der Waals surface area contributed by atoms with E-state index in [1.807, 2.05) is 24.3 Å². The average molecular weight is 233 g/mol. The second-order valence-corrected chi connectivity index (χ2v) is 4.36. The molecule has 0 radical (unpaired) electrons. The summed E-state index contributed by atoms with van der Waals surface area (Å²) >= 11 is 0. The standard InChI is InChI=1S/C14H19NO2/c1-2-11-7-3-4-8-12(11)15-14(16)13-9-5-6-10-17-13/h3-4,7-8,13H,2,5-6,9-10H2,1H3,(H,15,16). The molecule has 1 aromatic rings. The molecule has 2 rings (SSSR count). The minimum atomic E-state index is -0.270. The molecule has 1 aromatic carbocycles. The Morgan fingerprint density at radius 3 is 2.94 bits per heavy atom. The Morgan fingerprint density at radius 1 is 1.41 bits per heavy atom. The number of nitrogens with one attached hydrogen (secondary N) is 1. The SMILES string of the molecule is CCc1ccccc1NC(=O)C1CCCCO1. The fraction of sp³-hybridized carbons (Fsp3) is 0.500. The van der Waals surface area contributed by atoms with Gasteiger partial charge in [-0.05, 0) is 37.3 Å². The molecule has 1 fully saturated rings. The van der Waals surface area contributed by atoms with Crippen molar-refractivity contribution in [1.82, 2.24) is 0 Å². The molecule has 0 saturated carbocycles. The molecule has 17 heavy (non-hydrogen) atoms. The van der Waals surface area contributed by atoms with Crippen molar-refractivity contribution in [2.75, 3.05) is 11.9 Å². The molecule has 1 atom stereocenters. The monoisotopic (exact) mass is 233 g/mol. The Labute approximate surface area is 102 Å². The summed E-state index contributed by atoms with van der Waals surface area (Å²) in [7, 11) is 0. The molecule has 3 nitrogen and oxygen atoms in total. The van der Waals surface area contributed by atoms with E-state index in [2.05, 4.69) is 12.2 Å². The van der Waals surface area contributed by atoms with Crippen molar-refractivity contribution in [3.8, 4) is 0 Å². The van der Waals surface area contributed by atoms with Crippen molar-refractivity contribution in [2.45, 2.75) is 38.7 Å². The van der Waals surface area contributed by atoms with Gasteiger partial charge in [-0.25, -0.2) is 0 Å². The third kappa shape index (κ3) is 3.07. The van der Waals surface area contributed by atoms with Crippen LogP contribution in [0, 0.1) is 0 Å². The number of para-hydroxylation sites is 1. The summed E-state index contributed by atoms with van der Waals surface area (Å²) in [5.41, 5.74) is 2.07. The molecule has 0 spiro atoms. The molecule has 1 saturated heterocycles. The minimum Gasteiger partial charge on any atom is -0.368 e. The molecule has 0 aromatic heterocycles. The number of rotatable bonds is 3. The lowest BCUT2D eigenvalue weighted by Crippen LogP contribution is -2.33. The van der Waals surface area contributed by atoms with Gasteiger partial charge in [0.25, 0.3) is 5.91 Å². The second-order valence-electron chi connectivity index (χ2n) is 4.36. The Kier molecular flexibility index (Phi) is 4.15. The maximum absolute atomic E-state index is 12.0. The van der Waals surface area contributed by atoms with E-state index in [9.17, 15) is 4.79 Å². The van der Waals surface area contributed by atoms with Gasteiger partial charge in [-0.3, -0.25) is 4.79 Å². The fourth-order valence-corrected chi connectivity index (χ4v) is 2.11. The summed E-state index contributed by atoms with van der Waals surface area (Å²) < 4.78 is 5.47. The van der Waals surface area contributed by atoms with Crippen molar-refractivity contribution in [3.63, 3.8) is 0 Å². The first-order valence-electron chi connectivity index (χ1n) is 6.31. The van der Waals surface area contributed by atoms with E-state index in [0.717, 1.165) is 36.9 Å². The van der Waals surface area contributed by atoms with Gasteiger partial charge < -0.3 is 10.1 Å². The Bertz CT molecular complexity index is 384. The van der Waals surface area contributed by atoms with Crippen LogP contribution >= 0.6 is 0 Å². The van der Waals surface area contributed by atoms with Crippen LogP contribution in [0.25, 0.3) is 0 Å². The molecule has 1 amide bonds. The lowest BCUT2D eigenvalue weighted by molar-refractivity contribution is -0.129. The van der Waals surface area contributed by atoms with Gasteiger partial charge in [-0.1, -0.05) is 25.1 Å². The number of carbonyl (C=O) groups excluding carboxylic acids is 1. The Morgan fingerprint density at radius 2 is 2.24 bits per heavy atom. The van der Waals surface area contributed by atoms with Gasteiger partial charge in [0.1, 0.15) is 6.10 Å². The zero-order valence-electron chi connectivity index (χ0n) is 10.2. The van der Waals surface area contributed by atoms with Crippen molar-refractivity contribution in [3.05, 3.63) is 29.8 Å². The molecule has 92 valence electrons. The minimum absolute atomic E-state index is 0.00870. The van der Waals surface area contributed by atoms with Gasteiger partial charge in [0.15, 0.2) is 0 Å². The van der Waals surface area contributed by atoms with Crippen LogP contribution < -0.4 is 5.32 Å². The van der Waals surface area contributed by atoms with Crippen LogP contribution in [0.4, 0.5) is 5.69 Å². The molecule has 0 bridgehead atoms. The normalized spacial score (nSPS) is 19.9. The van der Waals surface area contributed by atoms with Crippen LogP contribution in [-0.4, -0.2) is 18.6 Å². The summed E-state index contributed by atoms with van der Waals surface area (Å²) in [5, 5.41) is 2.97. The first kappa shape index (κ1) is 12.1. The van der Waals surface area contributed by atoms with Crippen LogP contribution in [0.3, 0.4) is 0 Å². The summed E-state index contributed by atoms with van der Waals surface area (Å²) in [6.45, 7) is 2.79. The van der Waals surface area contributed by atoms with Gasteiger partial charge >= 0.3 is 0 Å². The smallest absolute Gasteiger partial charge is 0.253 e. The molecule has 1 heterocycles. The van der Waals surface area contributed by atoms with E-state index >= 15 is 0 Å². The van der Waals surface area contributed by atoms with Crippen molar-refractivity contribution in [2.24, 2.45) is 0 Å². The van der Waals surface area contributed by atoms with Gasteiger partial charge in [0, 0.05) is 12.3 Å². The van der Waals surface area contributed by atoms with Crippen molar-refractivity contribution >= 4 is 11.6 Å². The number of anilines is 1. The number of amides is 1. The molecular weight excluding hydrogens is 214 g/mol. The molecule has 1 N–H and O–H groups in total. The van der Waals surface area contributed by atoms with Gasteiger partial charge in [0.05, 0.1) is 0 Å². The highest BCUT2D eigenvalue weighted by Crippen LogP contribution is 2.18. The van der Waals surface area contributed by atoms with Crippen LogP contribution in [0.15, 0.2) is 24.3 Å². The number of hydrogen-bond donors (Lipinski definition) is 1. The number of aryl methyl sites for hydroxylation is 1. The van der Waals surface area contributed by atoms with E-state index in [4.69, 9.17) is 4.74 Å². The van der Waals surface area contributed by atoms with Crippen LogP contribution in [0.1, 0.15) is 31.7 Å². The van der Waals surface area contributed by atoms with E-state index in [1.54, 1.807) is 0 Å². The van der Waals surface area contributed by atoms with Crippen molar-refractivity contribution in [1.29, 1.82) is 0 Å². The van der Waals surface area contributed by atoms with Crippen LogP contribution in [0.5, 0.6) is 0 Å². The number of carbonyl (C=O) groups is 1. The topological polar surface area (TPSA) is 38.3 Å². The third-order valence-electron chi connectivity index (χ3n) is 3.13. The molecule has 0 aliphatic carbocycles. The predicted molar refractivity (Wildman–Crippen MR) is 68.0 cm³/mol. The highest BCUT2D eigenvalue weighted by molar-refractivity contribution is 5.94. The zero-order chi connectivity index (χ0) is 12.1. The molecular formula is C14H19NO2. The third-order valence-corrected chi connectivity index (χ3v) is 3.13. The van der Waals surface area contributed by atoms with E-state index in [-0.39, 0.29) is 12.0 Å². The first-order chi connectivity index (χ1) is 8.31. The van der Waals surface area contributed by atoms with E-state index < -0.39 is 0 Å². The summed E-state index contributed by atoms with van der Waals surface area (Å²) in [6.07, 6.45) is 3.62. The van der Waals surface area contributed by atoms with E-state index in [1.165, 1.54) is 0 Å². The molecule has 3 heteroatoms. The predicted octanol–water partition coefficient (Wildman–Crippen LogP) is 2.76. The largest absolute Gasteiger partial charge is 0.368 e. The summed E-state index contributed by atoms with van der Waals surface area (Å²) in [5.74, 6) is -0.00870. The number of ether oxygens (including phenoxy) is 1.